The number of aliphatic hydroxyl groups excluding tert-OH is 2. The molecule has 3 N–H and O–H groups in total. The molecule has 0 saturated heterocycles. The van der Waals surface area contributed by atoms with Crippen molar-refractivity contribution in [3.05, 3.63) is 48.6 Å². The molecule has 0 aliphatic carbocycles. The minimum atomic E-state index is -0.846. The van der Waals surface area contributed by atoms with Crippen LogP contribution in [0.4, 0.5) is 0 Å². The number of carbonyl (C=O) groups excluding carboxylic acids is 2. The van der Waals surface area contributed by atoms with E-state index >= 15 is 0 Å². The molecular formula is C68H127NO5. The molecule has 0 spiro atoms. The lowest BCUT2D eigenvalue weighted by molar-refractivity contribution is -0.143. The Balaban J connectivity index is 3.40. The third kappa shape index (κ3) is 59.1. The van der Waals surface area contributed by atoms with Crippen LogP contribution in [0, 0.1) is 0 Å². The third-order valence-electron chi connectivity index (χ3n) is 15.1. The monoisotopic (exact) mass is 1040 g/mol. The first-order valence-electron chi connectivity index (χ1n) is 32.9. The number of hydrogen-bond acceptors (Lipinski definition) is 5. The summed E-state index contributed by atoms with van der Waals surface area (Å²) in [4.78, 5) is 24.5. The molecule has 6 nitrogen and oxygen atoms in total. The molecular weight excluding hydrogens is 911 g/mol. The number of amides is 1. The summed E-state index contributed by atoms with van der Waals surface area (Å²) in [5, 5.41) is 23.0. The number of aliphatic hydroxyl groups is 2. The van der Waals surface area contributed by atoms with Gasteiger partial charge in [-0.2, -0.15) is 0 Å². The summed E-state index contributed by atoms with van der Waals surface area (Å²) in [5.41, 5.74) is 0. The second-order valence-corrected chi connectivity index (χ2v) is 22.4. The fourth-order valence-electron chi connectivity index (χ4n) is 10.0. The van der Waals surface area contributed by atoms with Crippen molar-refractivity contribution in [2.75, 3.05) is 13.2 Å². The lowest BCUT2D eigenvalue weighted by Crippen LogP contribution is -2.45. The summed E-state index contributed by atoms with van der Waals surface area (Å²) in [5.74, 6) is -0.0625. The van der Waals surface area contributed by atoms with Crippen molar-refractivity contribution < 1.29 is 24.5 Å². The van der Waals surface area contributed by atoms with E-state index in [1.165, 1.54) is 270 Å². The molecule has 6 heteroatoms. The van der Waals surface area contributed by atoms with Gasteiger partial charge in [-0.3, -0.25) is 9.59 Å². The summed E-state index contributed by atoms with van der Waals surface area (Å²) >= 11 is 0. The van der Waals surface area contributed by atoms with Gasteiger partial charge in [0.15, 0.2) is 0 Å². The Bertz CT molecular complexity index is 1240. The second-order valence-electron chi connectivity index (χ2n) is 22.4. The molecule has 0 aromatic carbocycles. The van der Waals surface area contributed by atoms with E-state index in [1.807, 2.05) is 6.08 Å². The number of unbranched alkanes of at least 4 members (excludes halogenated alkanes) is 44. The minimum absolute atomic E-state index is 0.00966. The number of esters is 1. The lowest BCUT2D eigenvalue weighted by atomic mass is 10.0. The highest BCUT2D eigenvalue weighted by Crippen LogP contribution is 2.17. The zero-order chi connectivity index (χ0) is 53.6. The largest absolute Gasteiger partial charge is 0.466 e. The Morgan fingerprint density at radius 1 is 0.378 bits per heavy atom. The molecule has 0 aromatic heterocycles. The highest BCUT2D eigenvalue weighted by molar-refractivity contribution is 5.76. The van der Waals surface area contributed by atoms with Gasteiger partial charge in [0.05, 0.1) is 25.4 Å². The Kier molecular flexibility index (Phi) is 61.5. The number of carbonyl (C=O) groups is 2. The van der Waals surface area contributed by atoms with E-state index < -0.39 is 12.1 Å². The molecule has 2 atom stereocenters. The zero-order valence-corrected chi connectivity index (χ0v) is 49.6. The first-order chi connectivity index (χ1) is 36.5. The summed E-state index contributed by atoms with van der Waals surface area (Å²) in [6, 6.07) is -0.630. The van der Waals surface area contributed by atoms with Crippen LogP contribution in [0.2, 0.25) is 0 Å². The van der Waals surface area contributed by atoms with Crippen LogP contribution in [0.5, 0.6) is 0 Å². The summed E-state index contributed by atoms with van der Waals surface area (Å²) < 4.78 is 5.50. The Morgan fingerprint density at radius 2 is 0.676 bits per heavy atom. The molecule has 0 rings (SSSR count). The van der Waals surface area contributed by atoms with E-state index in [4.69, 9.17) is 4.74 Å². The van der Waals surface area contributed by atoms with E-state index in [0.717, 1.165) is 51.4 Å². The van der Waals surface area contributed by atoms with Gasteiger partial charge in [-0.25, -0.2) is 0 Å². The van der Waals surface area contributed by atoms with Gasteiger partial charge in [0.2, 0.25) is 5.91 Å². The van der Waals surface area contributed by atoms with Crippen LogP contribution in [0.15, 0.2) is 48.6 Å². The maximum Gasteiger partial charge on any atom is 0.305 e. The SMILES string of the molecule is CCCCCCCC/C=C\CCCCCCCCCCCC(=O)OCCCCCCCCCCC/C=C\C/C=C\CCCCCCCCCCCCCC(=O)NC(CO)C(O)/C=C/CCCCCCCCCCC. The molecule has 0 fully saturated rings. The van der Waals surface area contributed by atoms with Gasteiger partial charge in [-0.1, -0.05) is 294 Å². The number of nitrogens with one attached hydrogen (secondary N) is 1. The Morgan fingerprint density at radius 3 is 1.04 bits per heavy atom. The highest BCUT2D eigenvalue weighted by atomic mass is 16.5. The predicted molar refractivity (Wildman–Crippen MR) is 324 cm³/mol. The molecule has 0 radical (unpaired) electrons. The van der Waals surface area contributed by atoms with Crippen LogP contribution in [-0.2, 0) is 14.3 Å². The van der Waals surface area contributed by atoms with E-state index in [9.17, 15) is 19.8 Å². The van der Waals surface area contributed by atoms with Gasteiger partial charge in [0.1, 0.15) is 0 Å². The normalized spacial score (nSPS) is 12.9. The average molecular weight is 1040 g/mol. The van der Waals surface area contributed by atoms with Crippen molar-refractivity contribution >= 4 is 11.9 Å². The van der Waals surface area contributed by atoms with E-state index in [1.54, 1.807) is 6.08 Å². The quantitative estimate of drug-likeness (QED) is 0.0320. The Labute approximate surface area is 461 Å². The standard InChI is InChI=1S/C68H127NO5/c1-3-5-7-9-11-13-15-16-17-18-28-32-35-38-42-46-50-54-58-62-68(73)74-63-59-55-51-47-43-39-36-33-30-27-25-23-21-19-20-22-24-26-29-31-34-37-41-45-49-53-57-61-67(72)69-65(64-70)66(71)60-56-52-48-44-40-14-12-10-8-6-4-2/h16-17,19-20,23,25,56,60,65-66,70-71H,3-15,18,21-22,24,26-55,57-59,61-64H2,1-2H3,(H,69,72)/b17-16-,20-19-,25-23-,60-56+. The smallest absolute Gasteiger partial charge is 0.305 e. The maximum absolute atomic E-state index is 12.4. The third-order valence-corrected chi connectivity index (χ3v) is 15.1. The van der Waals surface area contributed by atoms with Gasteiger partial charge in [-0.05, 0) is 89.9 Å². The van der Waals surface area contributed by atoms with Gasteiger partial charge >= 0.3 is 5.97 Å². The summed E-state index contributed by atoms with van der Waals surface area (Å²) in [6.07, 6.45) is 81.7. The first-order valence-corrected chi connectivity index (χ1v) is 32.9. The molecule has 0 aromatic rings. The zero-order valence-electron chi connectivity index (χ0n) is 49.6. The summed E-state index contributed by atoms with van der Waals surface area (Å²) in [6.45, 7) is 4.89. The predicted octanol–water partition coefficient (Wildman–Crippen LogP) is 20.9. The molecule has 1 amide bonds. The Hall–Kier alpha value is -2.18. The molecule has 0 aliphatic rings. The molecule has 0 saturated carbocycles. The van der Waals surface area contributed by atoms with Crippen molar-refractivity contribution in [1.82, 2.24) is 5.32 Å². The van der Waals surface area contributed by atoms with Crippen LogP contribution in [-0.4, -0.2) is 47.4 Å². The summed E-state index contributed by atoms with van der Waals surface area (Å²) in [7, 11) is 0. The molecule has 0 heterocycles. The van der Waals surface area contributed by atoms with Crippen LogP contribution < -0.4 is 5.32 Å². The first kappa shape index (κ1) is 71.8. The van der Waals surface area contributed by atoms with Crippen LogP contribution in [0.3, 0.4) is 0 Å². The number of ether oxygens (including phenoxy) is 1. The van der Waals surface area contributed by atoms with E-state index in [0.29, 0.717) is 19.4 Å². The lowest BCUT2D eigenvalue weighted by Gasteiger charge is -2.20. The maximum atomic E-state index is 12.4. The molecule has 434 valence electrons. The van der Waals surface area contributed by atoms with Crippen LogP contribution in [0.1, 0.15) is 348 Å². The van der Waals surface area contributed by atoms with Crippen molar-refractivity contribution in [3.63, 3.8) is 0 Å². The minimum Gasteiger partial charge on any atom is -0.466 e. The van der Waals surface area contributed by atoms with Crippen molar-refractivity contribution in [1.29, 1.82) is 0 Å². The van der Waals surface area contributed by atoms with Gasteiger partial charge in [-0.15, -0.1) is 0 Å². The van der Waals surface area contributed by atoms with Crippen molar-refractivity contribution in [3.8, 4) is 0 Å². The highest BCUT2D eigenvalue weighted by Gasteiger charge is 2.18. The van der Waals surface area contributed by atoms with E-state index in [2.05, 4.69) is 55.6 Å². The fourth-order valence-corrected chi connectivity index (χ4v) is 10.0. The van der Waals surface area contributed by atoms with Gasteiger partial charge in [0, 0.05) is 12.8 Å². The molecule has 0 aliphatic heterocycles. The average Bonchev–Trinajstić information content (AvgIpc) is 3.40. The van der Waals surface area contributed by atoms with Crippen LogP contribution in [0.25, 0.3) is 0 Å². The van der Waals surface area contributed by atoms with Crippen LogP contribution >= 0.6 is 0 Å². The van der Waals surface area contributed by atoms with Gasteiger partial charge < -0.3 is 20.3 Å². The number of hydrogen-bond donors (Lipinski definition) is 3. The molecule has 0 bridgehead atoms. The second kappa shape index (κ2) is 63.4. The number of allylic oxidation sites excluding steroid dienone is 7. The molecule has 2 unspecified atom stereocenters. The van der Waals surface area contributed by atoms with Crippen molar-refractivity contribution in [2.45, 2.75) is 360 Å². The fraction of sp³-hybridized carbons (Fsp3) is 0.853. The number of rotatable bonds is 61. The molecule has 74 heavy (non-hydrogen) atoms. The van der Waals surface area contributed by atoms with Gasteiger partial charge in [0.25, 0.3) is 0 Å². The van der Waals surface area contributed by atoms with Crippen molar-refractivity contribution in [2.24, 2.45) is 0 Å². The topological polar surface area (TPSA) is 95.9 Å². The van der Waals surface area contributed by atoms with E-state index in [-0.39, 0.29) is 18.5 Å².